The van der Waals surface area contributed by atoms with Gasteiger partial charge in [-0.3, -0.25) is 9.69 Å². The third-order valence-electron chi connectivity index (χ3n) is 4.45. The lowest BCUT2D eigenvalue weighted by molar-refractivity contribution is -0.133. The number of primary amides is 1. The summed E-state index contributed by atoms with van der Waals surface area (Å²) in [6.07, 6.45) is 3.51. The van der Waals surface area contributed by atoms with Crippen LogP contribution in [0.1, 0.15) is 26.2 Å². The molecule has 0 aromatic heterocycles. The van der Waals surface area contributed by atoms with Crippen LogP contribution < -0.4 is 11.5 Å². The molecule has 0 radical (unpaired) electrons. The van der Waals surface area contributed by atoms with Crippen LogP contribution in [-0.4, -0.2) is 49.2 Å². The van der Waals surface area contributed by atoms with E-state index in [9.17, 15) is 4.79 Å². The molecule has 1 saturated heterocycles. The van der Waals surface area contributed by atoms with Gasteiger partial charge >= 0.3 is 0 Å². The van der Waals surface area contributed by atoms with E-state index in [1.54, 1.807) is 0 Å². The van der Waals surface area contributed by atoms with Crippen molar-refractivity contribution >= 4 is 5.91 Å². The fourth-order valence-electron chi connectivity index (χ4n) is 3.35. The lowest BCUT2D eigenvalue weighted by atomic mass is 9.77. The number of rotatable bonds is 3. The first kappa shape index (κ1) is 13.8. The van der Waals surface area contributed by atoms with Gasteiger partial charge in [-0.1, -0.05) is 13.3 Å². The molecule has 2 fully saturated rings. The minimum Gasteiger partial charge on any atom is -0.378 e. The van der Waals surface area contributed by atoms with Crippen LogP contribution in [0.25, 0.3) is 0 Å². The number of carbonyl (C=O) groups excluding carboxylic acids is 1. The fourth-order valence-corrected chi connectivity index (χ4v) is 3.35. The highest BCUT2D eigenvalue weighted by Crippen LogP contribution is 2.33. The molecule has 4 atom stereocenters. The molecule has 0 aromatic carbocycles. The van der Waals surface area contributed by atoms with Crippen molar-refractivity contribution in [3.05, 3.63) is 0 Å². The van der Waals surface area contributed by atoms with Crippen LogP contribution in [0.4, 0.5) is 0 Å². The average Bonchev–Trinajstić information content (AvgIpc) is 2.38. The van der Waals surface area contributed by atoms with Crippen molar-refractivity contribution in [1.29, 1.82) is 0 Å². The number of hydrogen-bond acceptors (Lipinski definition) is 4. The highest BCUT2D eigenvalue weighted by Gasteiger charge is 2.38. The van der Waals surface area contributed by atoms with Crippen LogP contribution in [0.3, 0.4) is 0 Å². The first-order valence-electron chi connectivity index (χ1n) is 6.96. The Labute approximate surface area is 109 Å². The van der Waals surface area contributed by atoms with E-state index in [0.29, 0.717) is 37.6 Å². The molecule has 18 heavy (non-hydrogen) atoms. The molecule has 4 N–H and O–H groups in total. The Balaban J connectivity index is 2.12. The van der Waals surface area contributed by atoms with Gasteiger partial charge in [-0.05, 0) is 31.2 Å². The molecular formula is C13H25N3O2. The summed E-state index contributed by atoms with van der Waals surface area (Å²) in [4.78, 5) is 13.8. The molecule has 1 aliphatic carbocycles. The Kier molecular flexibility index (Phi) is 4.59. The van der Waals surface area contributed by atoms with Crippen LogP contribution in [0.5, 0.6) is 0 Å². The Morgan fingerprint density at radius 1 is 1.44 bits per heavy atom. The number of hydrogen-bond donors (Lipinski definition) is 2. The minimum absolute atomic E-state index is 0.274. The SMILES string of the molecule is CC1CCC(CN)C(N2CCOCC2C(N)=O)C1. The van der Waals surface area contributed by atoms with Crippen molar-refractivity contribution in [2.45, 2.75) is 38.3 Å². The van der Waals surface area contributed by atoms with E-state index in [0.717, 1.165) is 19.4 Å². The number of amides is 1. The standard InChI is InChI=1S/C13H25N3O2/c1-9-2-3-10(7-14)11(6-9)16-4-5-18-8-12(16)13(15)17/h9-12H,2-8,14H2,1H3,(H2,15,17). The maximum absolute atomic E-state index is 11.6. The predicted molar refractivity (Wildman–Crippen MR) is 69.9 cm³/mol. The Hall–Kier alpha value is -0.650. The maximum Gasteiger partial charge on any atom is 0.237 e. The summed E-state index contributed by atoms with van der Waals surface area (Å²) in [7, 11) is 0. The molecule has 2 aliphatic rings. The zero-order valence-electron chi connectivity index (χ0n) is 11.2. The molecule has 5 nitrogen and oxygen atoms in total. The predicted octanol–water partition coefficient (Wildman–Crippen LogP) is -0.0640. The second kappa shape index (κ2) is 5.99. The van der Waals surface area contributed by atoms with Crippen molar-refractivity contribution < 1.29 is 9.53 Å². The molecule has 5 heteroatoms. The van der Waals surface area contributed by atoms with Gasteiger partial charge in [0.15, 0.2) is 0 Å². The van der Waals surface area contributed by atoms with Crippen molar-refractivity contribution in [3.63, 3.8) is 0 Å². The van der Waals surface area contributed by atoms with Crippen molar-refractivity contribution in [2.24, 2.45) is 23.3 Å². The summed E-state index contributed by atoms with van der Waals surface area (Å²) in [5, 5.41) is 0. The molecule has 1 aliphatic heterocycles. The topological polar surface area (TPSA) is 81.6 Å². The van der Waals surface area contributed by atoms with E-state index in [4.69, 9.17) is 16.2 Å². The van der Waals surface area contributed by atoms with Gasteiger partial charge < -0.3 is 16.2 Å². The third kappa shape index (κ3) is 2.84. The van der Waals surface area contributed by atoms with E-state index in [-0.39, 0.29) is 11.9 Å². The fraction of sp³-hybridized carbons (Fsp3) is 0.923. The number of ether oxygens (including phenoxy) is 1. The highest BCUT2D eigenvalue weighted by atomic mass is 16.5. The van der Waals surface area contributed by atoms with Gasteiger partial charge in [-0.25, -0.2) is 0 Å². The molecule has 0 bridgehead atoms. The minimum atomic E-state index is -0.275. The highest BCUT2D eigenvalue weighted by molar-refractivity contribution is 5.80. The second-order valence-corrected chi connectivity index (χ2v) is 5.71. The second-order valence-electron chi connectivity index (χ2n) is 5.71. The van der Waals surface area contributed by atoms with Crippen LogP contribution in [0.15, 0.2) is 0 Å². The summed E-state index contributed by atoms with van der Waals surface area (Å²) >= 11 is 0. The van der Waals surface area contributed by atoms with Gasteiger partial charge in [-0.2, -0.15) is 0 Å². The number of nitrogens with zero attached hydrogens (tertiary/aromatic N) is 1. The largest absolute Gasteiger partial charge is 0.378 e. The number of carbonyl (C=O) groups is 1. The lowest BCUT2D eigenvalue weighted by Gasteiger charge is -2.46. The Morgan fingerprint density at radius 3 is 2.89 bits per heavy atom. The first-order chi connectivity index (χ1) is 8.63. The van der Waals surface area contributed by atoms with Gasteiger partial charge in [-0.15, -0.1) is 0 Å². The summed E-state index contributed by atoms with van der Waals surface area (Å²) in [5.41, 5.74) is 11.4. The zero-order valence-corrected chi connectivity index (χ0v) is 11.2. The van der Waals surface area contributed by atoms with E-state index >= 15 is 0 Å². The van der Waals surface area contributed by atoms with E-state index in [1.165, 1.54) is 6.42 Å². The van der Waals surface area contributed by atoms with Crippen molar-refractivity contribution in [1.82, 2.24) is 4.90 Å². The van der Waals surface area contributed by atoms with Gasteiger partial charge in [0, 0.05) is 12.6 Å². The molecule has 104 valence electrons. The van der Waals surface area contributed by atoms with Gasteiger partial charge in [0.05, 0.1) is 13.2 Å². The quantitative estimate of drug-likeness (QED) is 0.740. The van der Waals surface area contributed by atoms with Crippen LogP contribution in [-0.2, 0) is 9.53 Å². The van der Waals surface area contributed by atoms with Crippen LogP contribution >= 0.6 is 0 Å². The molecule has 1 amide bonds. The van der Waals surface area contributed by atoms with E-state index < -0.39 is 0 Å². The van der Waals surface area contributed by atoms with Crippen molar-refractivity contribution in [3.8, 4) is 0 Å². The Bertz CT molecular complexity index is 298. The smallest absolute Gasteiger partial charge is 0.237 e. The first-order valence-corrected chi connectivity index (χ1v) is 6.96. The van der Waals surface area contributed by atoms with E-state index in [1.807, 2.05) is 0 Å². The number of morpholine rings is 1. The zero-order chi connectivity index (χ0) is 13.1. The molecule has 2 rings (SSSR count). The maximum atomic E-state index is 11.6. The van der Waals surface area contributed by atoms with Crippen molar-refractivity contribution in [2.75, 3.05) is 26.3 Å². The van der Waals surface area contributed by atoms with Crippen LogP contribution in [0.2, 0.25) is 0 Å². The number of nitrogens with two attached hydrogens (primary N) is 2. The Morgan fingerprint density at radius 2 is 2.22 bits per heavy atom. The monoisotopic (exact) mass is 255 g/mol. The average molecular weight is 255 g/mol. The summed E-state index contributed by atoms with van der Waals surface area (Å²) in [5.74, 6) is 0.916. The molecule has 1 saturated carbocycles. The normalized spacial score (nSPS) is 38.6. The summed E-state index contributed by atoms with van der Waals surface area (Å²) in [6, 6.07) is 0.114. The van der Waals surface area contributed by atoms with Gasteiger partial charge in [0.2, 0.25) is 5.91 Å². The van der Waals surface area contributed by atoms with E-state index in [2.05, 4.69) is 11.8 Å². The summed E-state index contributed by atoms with van der Waals surface area (Å²) < 4.78 is 5.39. The molecular weight excluding hydrogens is 230 g/mol. The lowest BCUT2D eigenvalue weighted by Crippen LogP contribution is -2.59. The molecule has 0 aromatic rings. The van der Waals surface area contributed by atoms with Gasteiger partial charge in [0.25, 0.3) is 0 Å². The van der Waals surface area contributed by atoms with Crippen LogP contribution in [0, 0.1) is 11.8 Å². The molecule has 1 heterocycles. The summed E-state index contributed by atoms with van der Waals surface area (Å²) in [6.45, 7) is 4.88. The molecule has 0 spiro atoms. The molecule has 4 unspecified atom stereocenters. The van der Waals surface area contributed by atoms with Gasteiger partial charge in [0.1, 0.15) is 6.04 Å². The third-order valence-corrected chi connectivity index (χ3v) is 4.45.